The highest BCUT2D eigenvalue weighted by atomic mass is 35.5. The molecule has 0 aliphatic carbocycles. The van der Waals surface area contributed by atoms with Crippen LogP contribution in [0.2, 0.25) is 10.0 Å². The first kappa shape index (κ1) is 25.0. The fourth-order valence-corrected chi connectivity index (χ4v) is 3.26. The number of hydrogen-bond acceptors (Lipinski definition) is 3. The van der Waals surface area contributed by atoms with Gasteiger partial charge >= 0.3 is 0 Å². The second-order valence-corrected chi connectivity index (χ2v) is 9.29. The van der Waals surface area contributed by atoms with E-state index in [9.17, 15) is 9.59 Å². The van der Waals surface area contributed by atoms with E-state index in [1.54, 1.807) is 25.1 Å². The summed E-state index contributed by atoms with van der Waals surface area (Å²) < 4.78 is 5.69. The molecule has 2 amide bonds. The molecule has 0 fully saturated rings. The van der Waals surface area contributed by atoms with E-state index in [0.29, 0.717) is 15.8 Å². The van der Waals surface area contributed by atoms with Crippen molar-refractivity contribution in [3.05, 3.63) is 63.6 Å². The Morgan fingerprint density at radius 1 is 1.03 bits per heavy atom. The fourth-order valence-electron chi connectivity index (χ4n) is 2.94. The lowest BCUT2D eigenvalue weighted by atomic mass is 10.1. The van der Waals surface area contributed by atoms with Gasteiger partial charge in [-0.3, -0.25) is 9.59 Å². The number of carbonyl (C=O) groups excluding carboxylic acids is 2. The molecular weight excluding hydrogens is 435 g/mol. The van der Waals surface area contributed by atoms with Crippen LogP contribution in [0.3, 0.4) is 0 Å². The van der Waals surface area contributed by atoms with Crippen molar-refractivity contribution in [1.29, 1.82) is 0 Å². The molecule has 0 saturated heterocycles. The summed E-state index contributed by atoms with van der Waals surface area (Å²) >= 11 is 12.1. The van der Waals surface area contributed by atoms with Crippen molar-refractivity contribution in [2.75, 3.05) is 6.61 Å². The monoisotopic (exact) mass is 464 g/mol. The molecule has 5 nitrogen and oxygen atoms in total. The molecule has 2 rings (SSSR count). The Morgan fingerprint density at radius 3 is 2.19 bits per heavy atom. The minimum absolute atomic E-state index is 0.181. The predicted octanol–water partition coefficient (Wildman–Crippen LogP) is 5.27. The average molecular weight is 465 g/mol. The highest BCUT2D eigenvalue weighted by Gasteiger charge is 2.28. The van der Waals surface area contributed by atoms with Gasteiger partial charge in [-0.25, -0.2) is 0 Å². The highest BCUT2D eigenvalue weighted by molar-refractivity contribution is 6.42. The summed E-state index contributed by atoms with van der Waals surface area (Å²) in [5.74, 6) is 0.0576. The Hall–Kier alpha value is -2.24. The summed E-state index contributed by atoms with van der Waals surface area (Å²) in [5.41, 5.74) is 1.54. The lowest BCUT2D eigenvalue weighted by molar-refractivity contribution is -0.142. The maximum Gasteiger partial charge on any atom is 0.261 e. The van der Waals surface area contributed by atoms with E-state index in [4.69, 9.17) is 27.9 Å². The molecule has 1 N–H and O–H groups in total. The molecule has 31 heavy (non-hydrogen) atoms. The molecule has 1 unspecified atom stereocenters. The van der Waals surface area contributed by atoms with Gasteiger partial charge in [0.1, 0.15) is 11.8 Å². The van der Waals surface area contributed by atoms with E-state index in [1.165, 1.54) is 10.5 Å². The minimum atomic E-state index is -0.702. The summed E-state index contributed by atoms with van der Waals surface area (Å²) in [6.07, 6.45) is 0.928. The normalized spacial score (nSPS) is 12.2. The lowest BCUT2D eigenvalue weighted by Gasteiger charge is -2.31. The number of halogens is 2. The molecule has 0 aliphatic heterocycles. The van der Waals surface area contributed by atoms with Crippen molar-refractivity contribution in [2.45, 2.75) is 59.2 Å². The second-order valence-electron chi connectivity index (χ2n) is 8.47. The van der Waals surface area contributed by atoms with E-state index < -0.39 is 11.6 Å². The standard InChI is InChI=1S/C24H30Cl2N2O3/c1-6-17-7-10-19(11-8-17)31-15-22(29)28(16(2)23(30)27-24(3,4)5)14-18-9-12-20(25)21(26)13-18/h7-13,16H,6,14-15H2,1-5H3,(H,27,30). The number of benzene rings is 2. The van der Waals surface area contributed by atoms with Crippen molar-refractivity contribution in [1.82, 2.24) is 10.2 Å². The summed E-state index contributed by atoms with van der Waals surface area (Å²) in [4.78, 5) is 27.3. The molecule has 0 aromatic heterocycles. The Morgan fingerprint density at radius 2 is 1.65 bits per heavy atom. The molecule has 0 heterocycles. The van der Waals surface area contributed by atoms with Crippen molar-refractivity contribution in [2.24, 2.45) is 0 Å². The molecule has 1 atom stereocenters. The third kappa shape index (κ3) is 7.75. The molecule has 2 aromatic carbocycles. The largest absolute Gasteiger partial charge is 0.484 e. The number of hydrogen-bond donors (Lipinski definition) is 1. The zero-order chi connectivity index (χ0) is 23.2. The number of ether oxygens (including phenoxy) is 1. The van der Waals surface area contributed by atoms with Crippen LogP contribution >= 0.6 is 23.2 Å². The van der Waals surface area contributed by atoms with Crippen LogP contribution in [0.1, 0.15) is 45.7 Å². The lowest BCUT2D eigenvalue weighted by Crippen LogP contribution is -2.53. The zero-order valence-corrected chi connectivity index (χ0v) is 20.2. The fraction of sp³-hybridized carbons (Fsp3) is 0.417. The molecule has 168 valence electrons. The zero-order valence-electron chi connectivity index (χ0n) is 18.7. The van der Waals surface area contributed by atoms with Crippen molar-refractivity contribution >= 4 is 35.0 Å². The molecule has 0 radical (unpaired) electrons. The van der Waals surface area contributed by atoms with Gasteiger partial charge in [0.15, 0.2) is 6.61 Å². The maximum absolute atomic E-state index is 13.1. The minimum Gasteiger partial charge on any atom is -0.484 e. The van der Waals surface area contributed by atoms with Gasteiger partial charge in [0.25, 0.3) is 5.91 Å². The van der Waals surface area contributed by atoms with E-state index in [2.05, 4.69) is 12.2 Å². The van der Waals surface area contributed by atoms with Gasteiger partial charge in [-0.1, -0.05) is 48.3 Å². The Bertz CT molecular complexity index is 908. The third-order valence-corrected chi connectivity index (χ3v) is 5.44. The first-order valence-electron chi connectivity index (χ1n) is 10.3. The molecule has 2 aromatic rings. The van der Waals surface area contributed by atoms with E-state index in [0.717, 1.165) is 12.0 Å². The maximum atomic E-state index is 13.1. The summed E-state index contributed by atoms with van der Waals surface area (Å²) in [6, 6.07) is 12.1. The van der Waals surface area contributed by atoms with Crippen molar-refractivity contribution in [3.63, 3.8) is 0 Å². The van der Waals surface area contributed by atoms with Gasteiger partial charge in [-0.05, 0) is 69.5 Å². The predicted molar refractivity (Wildman–Crippen MR) is 126 cm³/mol. The molecule has 0 saturated carbocycles. The quantitative estimate of drug-likeness (QED) is 0.578. The summed E-state index contributed by atoms with van der Waals surface area (Å²) in [5, 5.41) is 3.75. The number of rotatable bonds is 8. The SMILES string of the molecule is CCc1ccc(OCC(=O)N(Cc2ccc(Cl)c(Cl)c2)C(C)C(=O)NC(C)(C)C)cc1. The number of aryl methyl sites for hydroxylation is 1. The first-order chi connectivity index (χ1) is 14.5. The number of carbonyl (C=O) groups is 2. The van der Waals surface area contributed by atoms with Crippen molar-refractivity contribution < 1.29 is 14.3 Å². The Kier molecular flexibility index (Phi) is 8.78. The van der Waals surface area contributed by atoms with Crippen LogP contribution in [0.5, 0.6) is 5.75 Å². The van der Waals surface area contributed by atoms with Crippen LogP contribution in [0.4, 0.5) is 0 Å². The van der Waals surface area contributed by atoms with Crippen LogP contribution < -0.4 is 10.1 Å². The second kappa shape index (κ2) is 10.9. The first-order valence-corrected chi connectivity index (χ1v) is 11.0. The van der Waals surface area contributed by atoms with E-state index in [1.807, 2.05) is 45.0 Å². The van der Waals surface area contributed by atoms with Crippen LogP contribution in [0.25, 0.3) is 0 Å². The molecule has 0 spiro atoms. The van der Waals surface area contributed by atoms with Gasteiger partial charge in [-0.2, -0.15) is 0 Å². The van der Waals surface area contributed by atoms with Gasteiger partial charge < -0.3 is 15.0 Å². The Labute approximate surface area is 194 Å². The molecule has 7 heteroatoms. The van der Waals surface area contributed by atoms with Crippen LogP contribution in [0, 0.1) is 0 Å². The van der Waals surface area contributed by atoms with E-state index in [-0.39, 0.29) is 25.0 Å². The van der Waals surface area contributed by atoms with Gasteiger partial charge in [0, 0.05) is 12.1 Å². The van der Waals surface area contributed by atoms with Gasteiger partial charge in [-0.15, -0.1) is 0 Å². The van der Waals surface area contributed by atoms with Gasteiger partial charge in [0.2, 0.25) is 5.91 Å². The van der Waals surface area contributed by atoms with Gasteiger partial charge in [0.05, 0.1) is 10.0 Å². The van der Waals surface area contributed by atoms with Crippen LogP contribution in [-0.2, 0) is 22.6 Å². The third-order valence-electron chi connectivity index (χ3n) is 4.70. The van der Waals surface area contributed by atoms with Crippen LogP contribution in [-0.4, -0.2) is 34.9 Å². The smallest absolute Gasteiger partial charge is 0.261 e. The Balaban J connectivity index is 2.18. The number of amides is 2. The molecule has 0 bridgehead atoms. The van der Waals surface area contributed by atoms with E-state index >= 15 is 0 Å². The van der Waals surface area contributed by atoms with Crippen molar-refractivity contribution in [3.8, 4) is 5.75 Å². The molecule has 0 aliphatic rings. The van der Waals surface area contributed by atoms with Crippen LogP contribution in [0.15, 0.2) is 42.5 Å². The number of nitrogens with zero attached hydrogens (tertiary/aromatic N) is 1. The summed E-state index contributed by atoms with van der Waals surface area (Å²) in [6.45, 7) is 9.48. The highest BCUT2D eigenvalue weighted by Crippen LogP contribution is 2.24. The molecular formula is C24H30Cl2N2O3. The number of nitrogens with one attached hydrogen (secondary N) is 1. The summed E-state index contributed by atoms with van der Waals surface area (Å²) in [7, 11) is 0. The topological polar surface area (TPSA) is 58.6 Å². The average Bonchev–Trinajstić information content (AvgIpc) is 2.71.